The molecule has 1 saturated carbocycles. The Morgan fingerprint density at radius 3 is 2.00 bits per heavy atom. The van der Waals surface area contributed by atoms with Crippen molar-refractivity contribution in [1.82, 2.24) is 0 Å². The van der Waals surface area contributed by atoms with Crippen LogP contribution in [0, 0.1) is 0 Å². The number of carbonyl (C=O) groups excluding carboxylic acids is 1. The monoisotopic (exact) mass is 254 g/mol. The average Bonchev–Trinajstić information content (AvgIpc) is 2.45. The number of hydrogen-bond donors (Lipinski definition) is 0. The molecule has 1 aliphatic carbocycles. The van der Waals surface area contributed by atoms with Gasteiger partial charge in [0.25, 0.3) is 0 Å². The Kier molecular flexibility index (Phi) is 2.96. The van der Waals surface area contributed by atoms with Crippen LogP contribution in [-0.2, 0) is 9.54 Å². The van der Waals surface area contributed by atoms with Crippen LogP contribution in [0.1, 0.15) is 18.4 Å². The van der Waals surface area contributed by atoms with Gasteiger partial charge in [0.1, 0.15) is 4.75 Å². The zero-order chi connectivity index (χ0) is 12.4. The van der Waals surface area contributed by atoms with Crippen LogP contribution < -0.4 is 0 Å². The number of benzene rings is 2. The first-order chi connectivity index (χ1) is 8.81. The lowest BCUT2D eigenvalue weighted by Crippen LogP contribution is -2.41. The molecule has 2 aromatic rings. The summed E-state index contributed by atoms with van der Waals surface area (Å²) in [5, 5.41) is 0. The fraction of sp³-hybridized carbons (Fsp3) is 0.188. The zero-order valence-electron chi connectivity index (χ0n) is 10.0. The van der Waals surface area contributed by atoms with Crippen LogP contribution in [0.15, 0.2) is 65.6 Å². The van der Waals surface area contributed by atoms with E-state index in [0.29, 0.717) is 12.2 Å². The van der Waals surface area contributed by atoms with Gasteiger partial charge < -0.3 is 0 Å². The maximum atomic E-state index is 12.1. The molecule has 90 valence electrons. The van der Waals surface area contributed by atoms with Crippen LogP contribution in [-0.4, -0.2) is 5.78 Å². The summed E-state index contributed by atoms with van der Waals surface area (Å²) in [5.74, 6) is 0.350. The Morgan fingerprint density at radius 1 is 0.889 bits per heavy atom. The molecule has 1 nitrogen and oxygen atoms in total. The topological polar surface area (TPSA) is 17.1 Å². The summed E-state index contributed by atoms with van der Waals surface area (Å²) >= 11 is 1.69. The highest BCUT2D eigenvalue weighted by atomic mass is 32.2. The second-order valence-corrected chi connectivity index (χ2v) is 5.90. The van der Waals surface area contributed by atoms with Gasteiger partial charge in [-0.05, 0) is 24.1 Å². The highest BCUT2D eigenvalue weighted by Gasteiger charge is 2.48. The van der Waals surface area contributed by atoms with Crippen molar-refractivity contribution in [2.45, 2.75) is 22.5 Å². The molecule has 3 rings (SSSR count). The van der Waals surface area contributed by atoms with Crippen molar-refractivity contribution in [2.24, 2.45) is 0 Å². The van der Waals surface area contributed by atoms with Crippen LogP contribution in [0.2, 0.25) is 0 Å². The fourth-order valence-corrected chi connectivity index (χ4v) is 3.69. The van der Waals surface area contributed by atoms with Crippen LogP contribution in [0.5, 0.6) is 0 Å². The molecular weight excluding hydrogens is 240 g/mol. The molecule has 1 atom stereocenters. The molecule has 0 saturated heterocycles. The number of rotatable bonds is 3. The summed E-state index contributed by atoms with van der Waals surface area (Å²) in [4.78, 5) is 13.3. The largest absolute Gasteiger partial charge is 0.298 e. The first kappa shape index (κ1) is 11.5. The van der Waals surface area contributed by atoms with Crippen molar-refractivity contribution in [2.75, 3.05) is 0 Å². The second kappa shape index (κ2) is 4.62. The Hall–Kier alpha value is -1.54. The third kappa shape index (κ3) is 1.87. The zero-order valence-corrected chi connectivity index (χ0v) is 10.8. The Labute approximate surface area is 111 Å². The van der Waals surface area contributed by atoms with Crippen molar-refractivity contribution >= 4 is 17.5 Å². The predicted octanol–water partition coefficient (Wildman–Crippen LogP) is 4.04. The summed E-state index contributed by atoms with van der Waals surface area (Å²) in [6, 6.07) is 20.3. The third-order valence-electron chi connectivity index (χ3n) is 3.43. The van der Waals surface area contributed by atoms with E-state index in [-0.39, 0.29) is 4.75 Å². The lowest BCUT2D eigenvalue weighted by molar-refractivity contribution is -0.127. The average molecular weight is 254 g/mol. The van der Waals surface area contributed by atoms with Gasteiger partial charge in [-0.3, -0.25) is 4.79 Å². The summed E-state index contributed by atoms with van der Waals surface area (Å²) in [6.45, 7) is 0. The fourth-order valence-electron chi connectivity index (χ4n) is 2.32. The first-order valence-electron chi connectivity index (χ1n) is 6.14. The Morgan fingerprint density at radius 2 is 1.50 bits per heavy atom. The Balaban J connectivity index is 1.96. The molecule has 1 aliphatic rings. The van der Waals surface area contributed by atoms with E-state index in [2.05, 4.69) is 24.3 Å². The molecule has 0 aliphatic heterocycles. The third-order valence-corrected chi connectivity index (χ3v) is 4.95. The molecule has 0 amide bonds. The lowest BCUT2D eigenvalue weighted by Gasteiger charge is -2.39. The van der Waals surface area contributed by atoms with Gasteiger partial charge in [-0.2, -0.15) is 0 Å². The number of carbonyl (C=O) groups is 1. The summed E-state index contributed by atoms with van der Waals surface area (Å²) < 4.78 is -0.345. The number of Topliss-reactive ketones (excluding diaryl/α,β-unsaturated/α-hetero) is 1. The van der Waals surface area contributed by atoms with E-state index in [4.69, 9.17) is 0 Å². The molecule has 0 aromatic heterocycles. The Bertz CT molecular complexity index is 550. The van der Waals surface area contributed by atoms with Gasteiger partial charge >= 0.3 is 0 Å². The van der Waals surface area contributed by atoms with Crippen LogP contribution in [0.25, 0.3) is 0 Å². The van der Waals surface area contributed by atoms with Gasteiger partial charge in [0.2, 0.25) is 0 Å². The predicted molar refractivity (Wildman–Crippen MR) is 74.7 cm³/mol. The molecule has 0 bridgehead atoms. The SMILES string of the molecule is O=C1CC[C@@]1(Sc1ccccc1)c1ccccc1. The van der Waals surface area contributed by atoms with Gasteiger partial charge in [0.15, 0.2) is 5.78 Å². The van der Waals surface area contributed by atoms with E-state index < -0.39 is 0 Å². The summed E-state index contributed by atoms with van der Waals surface area (Å²) in [6.07, 6.45) is 1.64. The van der Waals surface area contributed by atoms with E-state index in [1.54, 1.807) is 11.8 Å². The summed E-state index contributed by atoms with van der Waals surface area (Å²) in [7, 11) is 0. The van der Waals surface area contributed by atoms with E-state index in [9.17, 15) is 4.79 Å². The van der Waals surface area contributed by atoms with E-state index in [1.165, 1.54) is 0 Å². The molecule has 0 unspecified atom stereocenters. The molecule has 0 heterocycles. The maximum absolute atomic E-state index is 12.1. The molecule has 0 spiro atoms. The maximum Gasteiger partial charge on any atom is 0.153 e. The molecule has 18 heavy (non-hydrogen) atoms. The standard InChI is InChI=1S/C16H14OS/c17-15-11-12-16(15,13-7-3-1-4-8-13)18-14-9-5-2-6-10-14/h1-10H,11-12H2/t16-/m1/s1. The lowest BCUT2D eigenvalue weighted by atomic mass is 9.77. The van der Waals surface area contributed by atoms with Gasteiger partial charge in [-0.25, -0.2) is 0 Å². The van der Waals surface area contributed by atoms with Crippen molar-refractivity contribution in [3.8, 4) is 0 Å². The van der Waals surface area contributed by atoms with Gasteiger partial charge in [-0.15, -0.1) is 11.8 Å². The molecule has 2 heteroatoms. The van der Waals surface area contributed by atoms with E-state index in [0.717, 1.165) is 16.9 Å². The highest BCUT2D eigenvalue weighted by molar-refractivity contribution is 8.01. The highest BCUT2D eigenvalue weighted by Crippen LogP contribution is 2.52. The van der Waals surface area contributed by atoms with Crippen molar-refractivity contribution in [3.05, 3.63) is 66.2 Å². The van der Waals surface area contributed by atoms with Crippen molar-refractivity contribution in [1.29, 1.82) is 0 Å². The molecule has 1 fully saturated rings. The van der Waals surface area contributed by atoms with Gasteiger partial charge in [-0.1, -0.05) is 48.5 Å². The quantitative estimate of drug-likeness (QED) is 0.822. The normalized spacial score (nSPS) is 22.6. The minimum Gasteiger partial charge on any atom is -0.298 e. The first-order valence-corrected chi connectivity index (χ1v) is 6.96. The number of thioether (sulfide) groups is 1. The van der Waals surface area contributed by atoms with Gasteiger partial charge in [0.05, 0.1) is 0 Å². The van der Waals surface area contributed by atoms with E-state index >= 15 is 0 Å². The summed E-state index contributed by atoms with van der Waals surface area (Å²) in [5.41, 5.74) is 1.13. The molecule has 2 aromatic carbocycles. The molecule has 0 radical (unpaired) electrons. The second-order valence-electron chi connectivity index (χ2n) is 4.53. The smallest absolute Gasteiger partial charge is 0.153 e. The van der Waals surface area contributed by atoms with Crippen molar-refractivity contribution in [3.63, 3.8) is 0 Å². The van der Waals surface area contributed by atoms with Crippen LogP contribution in [0.4, 0.5) is 0 Å². The van der Waals surface area contributed by atoms with Crippen LogP contribution in [0.3, 0.4) is 0 Å². The number of ketones is 1. The van der Waals surface area contributed by atoms with Gasteiger partial charge in [0, 0.05) is 11.3 Å². The minimum atomic E-state index is -0.345. The van der Waals surface area contributed by atoms with Crippen molar-refractivity contribution < 1.29 is 4.79 Å². The number of hydrogen-bond acceptors (Lipinski definition) is 2. The van der Waals surface area contributed by atoms with E-state index in [1.807, 2.05) is 36.4 Å². The van der Waals surface area contributed by atoms with Crippen LogP contribution >= 0.6 is 11.8 Å². The molecular formula is C16H14OS. The molecule has 0 N–H and O–H groups in total. The minimum absolute atomic E-state index is 0.345.